The number of nitrogens with zero attached hydrogens (tertiary/aromatic N) is 2. The summed E-state index contributed by atoms with van der Waals surface area (Å²) in [6.07, 6.45) is 4.96. The van der Waals surface area contributed by atoms with Crippen LogP contribution in [0.15, 0.2) is 90.2 Å². The van der Waals surface area contributed by atoms with Crippen molar-refractivity contribution in [2.75, 3.05) is 5.75 Å². The molecule has 0 unspecified atom stereocenters. The zero-order valence-corrected chi connectivity index (χ0v) is 17.1. The van der Waals surface area contributed by atoms with E-state index >= 15 is 0 Å². The summed E-state index contributed by atoms with van der Waals surface area (Å²) < 4.78 is 5.70. The number of ether oxygens (including phenoxy) is 1. The summed E-state index contributed by atoms with van der Waals surface area (Å²) >= 11 is 1.36. The highest BCUT2D eigenvalue weighted by atomic mass is 32.2. The minimum Gasteiger partial charge on any atom is -0.457 e. The van der Waals surface area contributed by atoms with Gasteiger partial charge >= 0.3 is 0 Å². The zero-order valence-electron chi connectivity index (χ0n) is 16.3. The molecule has 0 spiro atoms. The molecule has 4 rings (SSSR count). The molecule has 0 saturated carbocycles. The van der Waals surface area contributed by atoms with Gasteiger partial charge in [0.05, 0.1) is 11.3 Å². The Morgan fingerprint density at radius 1 is 0.871 bits per heavy atom. The van der Waals surface area contributed by atoms with Crippen LogP contribution in [0.1, 0.15) is 10.4 Å². The molecule has 0 saturated heterocycles. The summed E-state index contributed by atoms with van der Waals surface area (Å²) in [5.41, 5.74) is 6.07. The van der Waals surface area contributed by atoms with Gasteiger partial charge in [0.25, 0.3) is 5.91 Å². The third kappa shape index (κ3) is 5.37. The summed E-state index contributed by atoms with van der Waals surface area (Å²) in [6, 6.07) is 19.8. The molecule has 8 heteroatoms. The Morgan fingerprint density at radius 2 is 1.68 bits per heavy atom. The number of thioether (sulfide) groups is 1. The van der Waals surface area contributed by atoms with Crippen LogP contribution in [0.25, 0.3) is 10.9 Å². The zero-order chi connectivity index (χ0) is 21.5. The van der Waals surface area contributed by atoms with Crippen LogP contribution in [0.4, 0.5) is 0 Å². The second-order valence-corrected chi connectivity index (χ2v) is 7.45. The van der Waals surface area contributed by atoms with E-state index in [1.54, 1.807) is 55.0 Å². The van der Waals surface area contributed by atoms with Crippen molar-refractivity contribution in [1.29, 1.82) is 0 Å². The first kappa shape index (κ1) is 20.4. The monoisotopic (exact) mass is 430 g/mol. The van der Waals surface area contributed by atoms with E-state index in [-0.39, 0.29) is 11.7 Å². The van der Waals surface area contributed by atoms with Gasteiger partial charge in [0.2, 0.25) is 5.91 Å². The van der Waals surface area contributed by atoms with Crippen molar-refractivity contribution in [2.45, 2.75) is 4.90 Å². The SMILES string of the molecule is O=C(CSc1cccc2cccnc12)NNC(=O)c1cccc(Oc2ccncc2)c1. The second-order valence-electron chi connectivity index (χ2n) is 6.44. The van der Waals surface area contributed by atoms with Crippen molar-refractivity contribution >= 4 is 34.5 Å². The Bertz CT molecular complexity index is 1210. The molecule has 0 fully saturated rings. The largest absolute Gasteiger partial charge is 0.457 e. The smallest absolute Gasteiger partial charge is 0.269 e. The first-order valence-electron chi connectivity index (χ1n) is 9.43. The Hall–Kier alpha value is -3.91. The van der Waals surface area contributed by atoms with Crippen molar-refractivity contribution in [3.05, 3.63) is 90.9 Å². The van der Waals surface area contributed by atoms with Gasteiger partial charge in [-0.05, 0) is 42.5 Å². The molecular weight excluding hydrogens is 412 g/mol. The Kier molecular flexibility index (Phi) is 6.39. The summed E-state index contributed by atoms with van der Waals surface area (Å²) in [5.74, 6) is 0.493. The van der Waals surface area contributed by atoms with E-state index in [1.165, 1.54) is 11.8 Å². The van der Waals surface area contributed by atoms with Gasteiger partial charge in [0.15, 0.2) is 0 Å². The Morgan fingerprint density at radius 3 is 2.55 bits per heavy atom. The van der Waals surface area contributed by atoms with Crippen LogP contribution in [-0.4, -0.2) is 27.5 Å². The number of hydrazine groups is 1. The lowest BCUT2D eigenvalue weighted by Gasteiger charge is -2.10. The molecular formula is C23H18N4O3S. The van der Waals surface area contributed by atoms with Gasteiger partial charge in [-0.25, -0.2) is 0 Å². The number of hydrogen-bond acceptors (Lipinski definition) is 6. The number of amides is 2. The highest BCUT2D eigenvalue weighted by Gasteiger charge is 2.10. The molecule has 7 nitrogen and oxygen atoms in total. The molecule has 31 heavy (non-hydrogen) atoms. The number of benzene rings is 2. The van der Waals surface area contributed by atoms with E-state index in [2.05, 4.69) is 20.8 Å². The molecule has 0 radical (unpaired) electrons. The average molecular weight is 430 g/mol. The summed E-state index contributed by atoms with van der Waals surface area (Å²) in [4.78, 5) is 33.8. The lowest BCUT2D eigenvalue weighted by atomic mass is 10.2. The van der Waals surface area contributed by atoms with Crippen molar-refractivity contribution in [2.24, 2.45) is 0 Å². The number of carbonyl (C=O) groups is 2. The minimum absolute atomic E-state index is 0.140. The van der Waals surface area contributed by atoms with Gasteiger partial charge in [-0.2, -0.15) is 0 Å². The van der Waals surface area contributed by atoms with Gasteiger partial charge in [-0.1, -0.05) is 24.3 Å². The van der Waals surface area contributed by atoms with Gasteiger partial charge < -0.3 is 4.74 Å². The van der Waals surface area contributed by atoms with Crippen LogP contribution in [0.2, 0.25) is 0 Å². The van der Waals surface area contributed by atoms with Crippen molar-refractivity contribution < 1.29 is 14.3 Å². The molecule has 154 valence electrons. The molecule has 2 heterocycles. The number of nitrogens with one attached hydrogen (secondary N) is 2. The second kappa shape index (κ2) is 9.73. The van der Waals surface area contributed by atoms with E-state index in [4.69, 9.17) is 4.74 Å². The van der Waals surface area contributed by atoms with Crippen LogP contribution in [0.5, 0.6) is 11.5 Å². The molecule has 2 aromatic heterocycles. The van der Waals surface area contributed by atoms with E-state index in [9.17, 15) is 9.59 Å². The number of rotatable bonds is 6. The summed E-state index contributed by atoms with van der Waals surface area (Å²) in [6.45, 7) is 0. The topological polar surface area (TPSA) is 93.2 Å². The van der Waals surface area contributed by atoms with Gasteiger partial charge in [0.1, 0.15) is 11.5 Å². The van der Waals surface area contributed by atoms with Crippen molar-refractivity contribution in [3.8, 4) is 11.5 Å². The van der Waals surface area contributed by atoms with Crippen molar-refractivity contribution in [1.82, 2.24) is 20.8 Å². The van der Waals surface area contributed by atoms with E-state index in [1.807, 2.05) is 30.3 Å². The van der Waals surface area contributed by atoms with Crippen LogP contribution in [-0.2, 0) is 4.79 Å². The molecule has 2 aromatic carbocycles. The fourth-order valence-corrected chi connectivity index (χ4v) is 3.65. The van der Waals surface area contributed by atoms with E-state index in [0.29, 0.717) is 17.1 Å². The first-order chi connectivity index (χ1) is 15.2. The molecule has 2 amide bonds. The highest BCUT2D eigenvalue weighted by Crippen LogP contribution is 2.26. The predicted octanol–water partition coefficient (Wildman–Crippen LogP) is 3.98. The number of pyridine rings is 2. The van der Waals surface area contributed by atoms with E-state index in [0.717, 1.165) is 15.8 Å². The molecule has 2 N–H and O–H groups in total. The third-order valence-electron chi connectivity index (χ3n) is 4.25. The quantitative estimate of drug-likeness (QED) is 0.355. The van der Waals surface area contributed by atoms with Gasteiger partial charge in [0, 0.05) is 34.4 Å². The number of aromatic nitrogens is 2. The average Bonchev–Trinajstić information content (AvgIpc) is 2.82. The maximum atomic E-state index is 12.4. The number of fused-ring (bicyclic) bond motifs is 1. The first-order valence-corrected chi connectivity index (χ1v) is 10.4. The standard InChI is InChI=1S/C23H18N4O3S/c28-21(15-31-20-8-2-4-16-6-3-11-25-22(16)20)26-27-23(29)17-5-1-7-19(14-17)30-18-9-12-24-13-10-18/h1-14H,15H2,(H,26,28)(H,27,29). The van der Waals surface area contributed by atoms with Crippen molar-refractivity contribution in [3.63, 3.8) is 0 Å². The fraction of sp³-hybridized carbons (Fsp3) is 0.0435. The van der Waals surface area contributed by atoms with Gasteiger partial charge in [-0.15, -0.1) is 11.8 Å². The fourth-order valence-electron chi connectivity index (χ4n) is 2.81. The predicted molar refractivity (Wildman–Crippen MR) is 119 cm³/mol. The molecule has 0 aliphatic heterocycles. The molecule has 0 atom stereocenters. The lowest BCUT2D eigenvalue weighted by Crippen LogP contribution is -2.42. The number of para-hydroxylation sites is 1. The highest BCUT2D eigenvalue weighted by molar-refractivity contribution is 8.00. The van der Waals surface area contributed by atoms with Crippen LogP contribution >= 0.6 is 11.8 Å². The minimum atomic E-state index is -0.439. The number of carbonyl (C=O) groups excluding carboxylic acids is 2. The molecule has 0 aliphatic rings. The summed E-state index contributed by atoms with van der Waals surface area (Å²) in [7, 11) is 0. The van der Waals surface area contributed by atoms with E-state index < -0.39 is 5.91 Å². The van der Waals surface area contributed by atoms with Gasteiger partial charge in [-0.3, -0.25) is 30.4 Å². The normalized spacial score (nSPS) is 10.5. The maximum Gasteiger partial charge on any atom is 0.269 e. The van der Waals surface area contributed by atoms with Crippen LogP contribution < -0.4 is 15.6 Å². The lowest BCUT2D eigenvalue weighted by molar-refractivity contribution is -0.119. The van der Waals surface area contributed by atoms with Crippen LogP contribution in [0.3, 0.4) is 0 Å². The Balaban J connectivity index is 1.31. The maximum absolute atomic E-state index is 12.4. The Labute approximate surface area is 182 Å². The third-order valence-corrected chi connectivity index (χ3v) is 5.30. The van der Waals surface area contributed by atoms with Crippen LogP contribution in [0, 0.1) is 0 Å². The molecule has 4 aromatic rings. The molecule has 0 bridgehead atoms. The summed E-state index contributed by atoms with van der Waals surface area (Å²) in [5, 5.41) is 1.01. The molecule has 0 aliphatic carbocycles. The number of hydrogen-bond donors (Lipinski definition) is 2.